The van der Waals surface area contributed by atoms with E-state index in [2.05, 4.69) is 72.8 Å². The minimum absolute atomic E-state index is 0.929. The lowest BCUT2D eigenvalue weighted by Crippen LogP contribution is -2.05. The number of benzene rings is 3. The molecule has 2 nitrogen and oxygen atoms in total. The predicted molar refractivity (Wildman–Crippen MR) is 119 cm³/mol. The van der Waals surface area contributed by atoms with Crippen LogP contribution >= 0.6 is 0 Å². The van der Waals surface area contributed by atoms with Gasteiger partial charge in [-0.05, 0) is 66.1 Å². The average molecular weight is 375 g/mol. The third-order valence-corrected chi connectivity index (χ3v) is 6.14. The van der Waals surface area contributed by atoms with Gasteiger partial charge in [-0.2, -0.15) is 0 Å². The number of furan rings is 1. The molecule has 6 rings (SSSR count). The fraction of sp³-hybridized carbons (Fsp3) is 0.148. The maximum absolute atomic E-state index is 6.45. The van der Waals surface area contributed by atoms with Crippen molar-refractivity contribution in [2.45, 2.75) is 25.7 Å². The molecule has 1 aliphatic rings. The minimum Gasteiger partial charge on any atom is -0.455 e. The molecule has 0 atom stereocenters. The molecule has 29 heavy (non-hydrogen) atoms. The lowest BCUT2D eigenvalue weighted by Gasteiger charge is -2.18. The molecule has 0 fully saturated rings. The van der Waals surface area contributed by atoms with E-state index in [0.717, 1.165) is 40.7 Å². The van der Waals surface area contributed by atoms with E-state index in [-0.39, 0.29) is 0 Å². The van der Waals surface area contributed by atoms with Gasteiger partial charge in [0.05, 0.1) is 5.69 Å². The van der Waals surface area contributed by atoms with Crippen LogP contribution in [0.3, 0.4) is 0 Å². The topological polar surface area (TPSA) is 26.0 Å². The molecule has 5 aromatic rings. The van der Waals surface area contributed by atoms with Crippen LogP contribution in [0.2, 0.25) is 0 Å². The van der Waals surface area contributed by atoms with E-state index in [4.69, 9.17) is 9.40 Å². The van der Waals surface area contributed by atoms with Gasteiger partial charge in [0.1, 0.15) is 11.2 Å². The van der Waals surface area contributed by atoms with Crippen LogP contribution in [0.4, 0.5) is 0 Å². The van der Waals surface area contributed by atoms with E-state index in [1.54, 1.807) is 0 Å². The van der Waals surface area contributed by atoms with Crippen LogP contribution in [-0.4, -0.2) is 4.98 Å². The van der Waals surface area contributed by atoms with Crippen molar-refractivity contribution in [3.05, 3.63) is 90.1 Å². The largest absolute Gasteiger partial charge is 0.455 e. The highest BCUT2D eigenvalue weighted by Crippen LogP contribution is 2.41. The van der Waals surface area contributed by atoms with Crippen LogP contribution in [0.25, 0.3) is 44.3 Å². The maximum Gasteiger partial charge on any atom is 0.144 e. The summed E-state index contributed by atoms with van der Waals surface area (Å²) >= 11 is 0. The molecule has 2 heterocycles. The highest BCUT2D eigenvalue weighted by atomic mass is 16.3. The van der Waals surface area contributed by atoms with Gasteiger partial charge >= 0.3 is 0 Å². The summed E-state index contributed by atoms with van der Waals surface area (Å²) in [5.41, 5.74) is 9.33. The quantitative estimate of drug-likeness (QED) is 0.326. The van der Waals surface area contributed by atoms with Gasteiger partial charge in [-0.1, -0.05) is 54.6 Å². The molecule has 0 saturated heterocycles. The molecule has 0 spiro atoms. The first-order valence-corrected chi connectivity index (χ1v) is 10.4. The summed E-state index contributed by atoms with van der Waals surface area (Å²) in [4.78, 5) is 4.80. The van der Waals surface area contributed by atoms with Gasteiger partial charge in [0.2, 0.25) is 0 Å². The Morgan fingerprint density at radius 3 is 2.48 bits per heavy atom. The van der Waals surface area contributed by atoms with Gasteiger partial charge in [-0.25, -0.2) is 0 Å². The second-order valence-electron chi connectivity index (χ2n) is 7.83. The molecule has 0 unspecified atom stereocenters. The Labute approximate surface area is 169 Å². The standard InChI is InChI=1S/C27H21NO/c1-2-8-18(9-3-1)20-12-7-15-24-25(20)22-13-6-14-23(27(22)29-24)26-21-11-5-4-10-19(21)16-17-28-26/h1-3,6-9,12-17H,4-5,10-11H2. The molecule has 0 radical (unpaired) electrons. The van der Waals surface area contributed by atoms with Crippen molar-refractivity contribution in [2.75, 3.05) is 0 Å². The average Bonchev–Trinajstić information content (AvgIpc) is 3.18. The van der Waals surface area contributed by atoms with E-state index < -0.39 is 0 Å². The Bertz CT molecular complexity index is 1350. The zero-order valence-corrected chi connectivity index (χ0v) is 16.2. The molecule has 3 aromatic carbocycles. The van der Waals surface area contributed by atoms with Crippen molar-refractivity contribution in [2.24, 2.45) is 0 Å². The van der Waals surface area contributed by atoms with Crippen LogP contribution in [-0.2, 0) is 12.8 Å². The van der Waals surface area contributed by atoms with Gasteiger partial charge in [0.15, 0.2) is 0 Å². The third kappa shape index (κ3) is 2.60. The first-order chi connectivity index (χ1) is 14.4. The SMILES string of the molecule is c1ccc(-c2cccc3oc4c(-c5nccc6c5CCCC6)cccc4c23)cc1. The summed E-state index contributed by atoms with van der Waals surface area (Å²) in [6.45, 7) is 0. The van der Waals surface area contributed by atoms with Crippen LogP contribution < -0.4 is 0 Å². The summed E-state index contributed by atoms with van der Waals surface area (Å²) in [7, 11) is 0. The monoisotopic (exact) mass is 375 g/mol. The predicted octanol–water partition coefficient (Wildman–Crippen LogP) is 7.19. The molecule has 0 saturated carbocycles. The van der Waals surface area contributed by atoms with E-state index >= 15 is 0 Å². The number of aromatic nitrogens is 1. The van der Waals surface area contributed by atoms with Gasteiger partial charge in [-0.3, -0.25) is 4.98 Å². The summed E-state index contributed by atoms with van der Waals surface area (Å²) in [6, 6.07) is 25.5. The van der Waals surface area contributed by atoms with Crippen LogP contribution in [0, 0.1) is 0 Å². The highest BCUT2D eigenvalue weighted by Gasteiger charge is 2.20. The van der Waals surface area contributed by atoms with Crippen molar-refractivity contribution < 1.29 is 4.42 Å². The summed E-state index contributed by atoms with van der Waals surface area (Å²) in [5.74, 6) is 0. The molecular weight excluding hydrogens is 354 g/mol. The Balaban J connectivity index is 1.66. The van der Waals surface area contributed by atoms with Crippen molar-refractivity contribution in [3.63, 3.8) is 0 Å². The second kappa shape index (κ2) is 6.59. The molecule has 2 aromatic heterocycles. The Morgan fingerprint density at radius 1 is 0.724 bits per heavy atom. The summed E-state index contributed by atoms with van der Waals surface area (Å²) in [5, 5.41) is 2.34. The molecule has 0 N–H and O–H groups in total. The normalized spacial score (nSPS) is 13.7. The number of nitrogens with zero attached hydrogens (tertiary/aromatic N) is 1. The molecule has 140 valence electrons. The van der Waals surface area contributed by atoms with Crippen molar-refractivity contribution in [1.29, 1.82) is 0 Å². The first kappa shape index (κ1) is 16.6. The lowest BCUT2D eigenvalue weighted by atomic mass is 9.88. The van der Waals surface area contributed by atoms with Crippen LogP contribution in [0.15, 0.2) is 83.4 Å². The molecule has 1 aliphatic carbocycles. The van der Waals surface area contributed by atoms with Crippen molar-refractivity contribution in [1.82, 2.24) is 4.98 Å². The maximum atomic E-state index is 6.45. The van der Waals surface area contributed by atoms with Gasteiger partial charge in [0, 0.05) is 22.5 Å². The van der Waals surface area contributed by atoms with E-state index in [1.807, 2.05) is 6.20 Å². The van der Waals surface area contributed by atoms with Gasteiger partial charge < -0.3 is 4.42 Å². The first-order valence-electron chi connectivity index (χ1n) is 10.4. The van der Waals surface area contributed by atoms with Crippen molar-refractivity contribution >= 4 is 21.9 Å². The number of rotatable bonds is 2. The number of hydrogen-bond acceptors (Lipinski definition) is 2. The molecule has 0 aliphatic heterocycles. The number of para-hydroxylation sites is 1. The number of hydrogen-bond donors (Lipinski definition) is 0. The zero-order chi connectivity index (χ0) is 19.2. The second-order valence-corrected chi connectivity index (χ2v) is 7.83. The van der Waals surface area contributed by atoms with Crippen LogP contribution in [0.5, 0.6) is 0 Å². The Morgan fingerprint density at radius 2 is 1.55 bits per heavy atom. The molecule has 0 bridgehead atoms. The number of pyridine rings is 1. The minimum atomic E-state index is 0.929. The summed E-state index contributed by atoms with van der Waals surface area (Å²) in [6.07, 6.45) is 6.71. The lowest BCUT2D eigenvalue weighted by molar-refractivity contribution is 0.668. The third-order valence-electron chi connectivity index (χ3n) is 6.14. The Kier molecular flexibility index (Phi) is 3.76. The smallest absolute Gasteiger partial charge is 0.144 e. The van der Waals surface area contributed by atoms with E-state index in [1.165, 1.54) is 40.5 Å². The molecule has 2 heteroatoms. The zero-order valence-electron chi connectivity index (χ0n) is 16.2. The van der Waals surface area contributed by atoms with Crippen LogP contribution in [0.1, 0.15) is 24.0 Å². The van der Waals surface area contributed by atoms with Crippen molar-refractivity contribution in [3.8, 4) is 22.4 Å². The number of fused-ring (bicyclic) bond motifs is 4. The summed E-state index contributed by atoms with van der Waals surface area (Å²) < 4.78 is 6.45. The molecular formula is C27H21NO. The van der Waals surface area contributed by atoms with Gasteiger partial charge in [-0.15, -0.1) is 0 Å². The molecule has 0 amide bonds. The Hall–Kier alpha value is -3.39. The fourth-order valence-electron chi connectivity index (χ4n) is 4.79. The van der Waals surface area contributed by atoms with E-state index in [0.29, 0.717) is 0 Å². The highest BCUT2D eigenvalue weighted by molar-refractivity contribution is 6.15. The fourth-order valence-corrected chi connectivity index (χ4v) is 4.79. The van der Waals surface area contributed by atoms with E-state index in [9.17, 15) is 0 Å². The van der Waals surface area contributed by atoms with Gasteiger partial charge in [0.25, 0.3) is 0 Å². The number of aryl methyl sites for hydroxylation is 1.